The number of nitrogens with zero attached hydrogens (tertiary/aromatic N) is 2. The van der Waals surface area contributed by atoms with Crippen LogP contribution in [-0.4, -0.2) is 42.1 Å². The third-order valence-corrected chi connectivity index (χ3v) is 6.80. The Morgan fingerprint density at radius 3 is 2.53 bits per heavy atom. The van der Waals surface area contributed by atoms with E-state index in [4.69, 9.17) is 9.47 Å². The van der Waals surface area contributed by atoms with E-state index in [0.29, 0.717) is 32.5 Å². The van der Waals surface area contributed by atoms with Crippen LogP contribution < -0.4 is 14.8 Å². The second kappa shape index (κ2) is 11.9. The topological polar surface area (TPSA) is 80.2 Å². The lowest BCUT2D eigenvalue weighted by atomic mass is 10.2. The van der Waals surface area contributed by atoms with Crippen LogP contribution in [0.3, 0.4) is 0 Å². The summed E-state index contributed by atoms with van der Waals surface area (Å²) in [4.78, 5) is 32.0. The molecule has 0 atom stereocenters. The highest BCUT2D eigenvalue weighted by atomic mass is 79.9. The van der Waals surface area contributed by atoms with Crippen molar-refractivity contribution in [2.45, 2.75) is 6.92 Å². The second-order valence-electron chi connectivity index (χ2n) is 7.65. The van der Waals surface area contributed by atoms with Gasteiger partial charge in [0.1, 0.15) is 11.5 Å². The fourth-order valence-corrected chi connectivity index (χ4v) is 4.95. The summed E-state index contributed by atoms with van der Waals surface area (Å²) in [6.07, 6.45) is 1.82. The molecule has 1 aliphatic rings. The Morgan fingerprint density at radius 2 is 1.86 bits per heavy atom. The number of thioether (sulfide) groups is 1. The number of rotatable bonds is 8. The first-order valence-corrected chi connectivity index (χ1v) is 12.8. The zero-order valence-corrected chi connectivity index (χ0v) is 22.1. The summed E-state index contributed by atoms with van der Waals surface area (Å²) in [6.45, 7) is 2.31. The van der Waals surface area contributed by atoms with Crippen LogP contribution in [0, 0.1) is 0 Å². The van der Waals surface area contributed by atoms with Gasteiger partial charge in [-0.1, -0.05) is 24.3 Å². The molecule has 3 aromatic rings. The summed E-state index contributed by atoms with van der Waals surface area (Å²) in [7, 11) is 1.61. The molecule has 0 aliphatic carbocycles. The van der Waals surface area contributed by atoms with Crippen LogP contribution in [0.4, 0.5) is 11.4 Å². The van der Waals surface area contributed by atoms with Crippen molar-refractivity contribution < 1.29 is 19.1 Å². The molecule has 0 spiro atoms. The Balaban J connectivity index is 1.44. The Kier molecular flexibility index (Phi) is 8.45. The standard InChI is InChI=1S/C27H24BrN3O4S/c1-3-31-26(33)24(36-27(31)30-20-10-12-21(34-2)13-11-20)16-18-9-14-23(22(28)15-18)35-17-25(32)29-19-7-5-4-6-8-19/h4-16H,3,17H2,1-2H3,(H,29,32)/b24-16+,30-27?. The number of amidine groups is 1. The van der Waals surface area contributed by atoms with Gasteiger partial charge in [-0.3, -0.25) is 14.5 Å². The minimum atomic E-state index is -0.254. The monoisotopic (exact) mass is 565 g/mol. The van der Waals surface area contributed by atoms with Gasteiger partial charge in [0.2, 0.25) is 0 Å². The Labute approximate surface area is 222 Å². The van der Waals surface area contributed by atoms with E-state index < -0.39 is 0 Å². The molecule has 4 rings (SSSR count). The smallest absolute Gasteiger partial charge is 0.266 e. The van der Waals surface area contributed by atoms with Crippen molar-refractivity contribution in [2.75, 3.05) is 25.6 Å². The minimum absolute atomic E-state index is 0.0937. The van der Waals surface area contributed by atoms with Gasteiger partial charge in [0, 0.05) is 12.2 Å². The maximum atomic E-state index is 13.0. The third kappa shape index (κ3) is 6.35. The van der Waals surface area contributed by atoms with Crippen LogP contribution in [-0.2, 0) is 9.59 Å². The molecule has 1 heterocycles. The number of likely N-dealkylation sites (N-methyl/N-ethyl adjacent to an activating group) is 1. The van der Waals surface area contributed by atoms with Crippen molar-refractivity contribution in [1.29, 1.82) is 0 Å². The van der Waals surface area contributed by atoms with Crippen LogP contribution in [0.15, 0.2) is 87.2 Å². The first-order valence-electron chi connectivity index (χ1n) is 11.2. The van der Waals surface area contributed by atoms with E-state index in [0.717, 1.165) is 17.0 Å². The van der Waals surface area contributed by atoms with Crippen LogP contribution in [0.5, 0.6) is 11.5 Å². The molecule has 0 unspecified atom stereocenters. The fraction of sp³-hybridized carbons (Fsp3) is 0.148. The molecular formula is C27H24BrN3O4S. The number of methoxy groups -OCH3 is 1. The van der Waals surface area contributed by atoms with E-state index in [2.05, 4.69) is 26.2 Å². The Hall–Kier alpha value is -3.56. The van der Waals surface area contributed by atoms with Gasteiger partial charge in [-0.15, -0.1) is 0 Å². The number of para-hydroxylation sites is 1. The highest BCUT2D eigenvalue weighted by molar-refractivity contribution is 9.10. The highest BCUT2D eigenvalue weighted by Crippen LogP contribution is 2.35. The molecule has 9 heteroatoms. The van der Waals surface area contributed by atoms with Crippen molar-refractivity contribution in [3.8, 4) is 11.5 Å². The lowest BCUT2D eigenvalue weighted by molar-refractivity contribution is -0.122. The predicted octanol–water partition coefficient (Wildman–Crippen LogP) is 6.10. The molecule has 0 aromatic heterocycles. The largest absolute Gasteiger partial charge is 0.497 e. The van der Waals surface area contributed by atoms with Crippen LogP contribution in [0.1, 0.15) is 12.5 Å². The van der Waals surface area contributed by atoms with Crippen LogP contribution in [0.2, 0.25) is 0 Å². The third-order valence-electron chi connectivity index (χ3n) is 5.17. The maximum Gasteiger partial charge on any atom is 0.266 e. The fourth-order valence-electron chi connectivity index (χ4n) is 3.37. The summed E-state index contributed by atoms with van der Waals surface area (Å²) < 4.78 is 11.5. The van der Waals surface area contributed by atoms with Gasteiger partial charge in [-0.25, -0.2) is 4.99 Å². The van der Waals surface area contributed by atoms with Crippen LogP contribution >= 0.6 is 27.7 Å². The van der Waals surface area contributed by atoms with E-state index in [-0.39, 0.29) is 18.4 Å². The van der Waals surface area contributed by atoms with E-state index in [9.17, 15) is 9.59 Å². The summed E-state index contributed by atoms with van der Waals surface area (Å²) in [5.41, 5.74) is 2.27. The number of carbonyl (C=O) groups excluding carboxylic acids is 2. The number of amides is 2. The molecular weight excluding hydrogens is 542 g/mol. The molecule has 7 nitrogen and oxygen atoms in total. The van der Waals surface area contributed by atoms with Crippen molar-refractivity contribution in [1.82, 2.24) is 4.90 Å². The number of hydrogen-bond acceptors (Lipinski definition) is 6. The van der Waals surface area contributed by atoms with Gasteiger partial charge in [0.25, 0.3) is 11.8 Å². The van der Waals surface area contributed by atoms with Crippen molar-refractivity contribution >= 4 is 62.1 Å². The Bertz CT molecular complexity index is 1310. The zero-order chi connectivity index (χ0) is 25.5. The molecule has 184 valence electrons. The molecule has 0 saturated carbocycles. The average Bonchev–Trinajstić information content (AvgIpc) is 3.17. The molecule has 36 heavy (non-hydrogen) atoms. The molecule has 3 aromatic carbocycles. The number of nitrogens with one attached hydrogen (secondary N) is 1. The highest BCUT2D eigenvalue weighted by Gasteiger charge is 2.32. The number of aliphatic imine (C=N–C) groups is 1. The van der Waals surface area contributed by atoms with Crippen molar-refractivity contribution in [3.05, 3.63) is 87.7 Å². The average molecular weight is 566 g/mol. The number of halogens is 1. The van der Waals surface area contributed by atoms with E-state index >= 15 is 0 Å². The number of carbonyl (C=O) groups is 2. The number of anilines is 1. The van der Waals surface area contributed by atoms with E-state index in [1.165, 1.54) is 11.8 Å². The minimum Gasteiger partial charge on any atom is -0.497 e. The lowest BCUT2D eigenvalue weighted by Crippen LogP contribution is -2.28. The van der Waals surface area contributed by atoms with E-state index in [1.807, 2.05) is 79.7 Å². The summed E-state index contributed by atoms with van der Waals surface area (Å²) in [6, 6.07) is 22.0. The van der Waals surface area contributed by atoms with Crippen molar-refractivity contribution in [3.63, 3.8) is 0 Å². The van der Waals surface area contributed by atoms with Crippen molar-refractivity contribution in [2.24, 2.45) is 4.99 Å². The van der Waals surface area contributed by atoms with E-state index in [1.54, 1.807) is 18.1 Å². The first-order chi connectivity index (χ1) is 17.5. The lowest BCUT2D eigenvalue weighted by Gasteiger charge is -2.12. The van der Waals surface area contributed by atoms with Gasteiger partial charge in [-0.05, 0) is 94.8 Å². The molecule has 2 amide bonds. The van der Waals surface area contributed by atoms with Crippen LogP contribution in [0.25, 0.3) is 6.08 Å². The first kappa shape index (κ1) is 25.5. The second-order valence-corrected chi connectivity index (χ2v) is 9.51. The molecule has 1 N–H and O–H groups in total. The SMILES string of the molecule is CCN1C(=O)/C(=C\c2ccc(OCC(=O)Nc3ccccc3)c(Br)c2)SC1=Nc1ccc(OC)cc1. The normalized spacial score (nSPS) is 15.4. The molecule has 0 radical (unpaired) electrons. The summed E-state index contributed by atoms with van der Waals surface area (Å²) in [5, 5.41) is 3.41. The number of benzene rings is 3. The number of ether oxygens (including phenoxy) is 2. The van der Waals surface area contributed by atoms with Gasteiger partial charge in [-0.2, -0.15) is 0 Å². The molecule has 1 fully saturated rings. The van der Waals surface area contributed by atoms with Gasteiger partial charge < -0.3 is 14.8 Å². The van der Waals surface area contributed by atoms with Gasteiger partial charge in [0.15, 0.2) is 11.8 Å². The molecule has 0 bridgehead atoms. The predicted molar refractivity (Wildman–Crippen MR) is 148 cm³/mol. The molecule has 1 saturated heterocycles. The summed E-state index contributed by atoms with van der Waals surface area (Å²) in [5.74, 6) is 0.930. The maximum absolute atomic E-state index is 13.0. The quantitative estimate of drug-likeness (QED) is 0.334. The number of hydrogen-bond donors (Lipinski definition) is 1. The van der Waals surface area contributed by atoms with Gasteiger partial charge >= 0.3 is 0 Å². The zero-order valence-electron chi connectivity index (χ0n) is 19.7. The van der Waals surface area contributed by atoms with Gasteiger partial charge in [0.05, 0.1) is 22.2 Å². The molecule has 1 aliphatic heterocycles. The summed E-state index contributed by atoms with van der Waals surface area (Å²) >= 11 is 4.83. The Morgan fingerprint density at radius 1 is 1.11 bits per heavy atom.